The molecule has 3 rings (SSSR count). The maximum Gasteiger partial charge on any atom is 0.110 e. The van der Waals surface area contributed by atoms with Crippen molar-refractivity contribution in [2.24, 2.45) is 7.05 Å². The summed E-state index contributed by atoms with van der Waals surface area (Å²) in [5.41, 5.74) is 4.55. The Morgan fingerprint density at radius 1 is 1.20 bits per heavy atom. The van der Waals surface area contributed by atoms with E-state index in [1.807, 2.05) is 24.7 Å². The summed E-state index contributed by atoms with van der Waals surface area (Å²) in [5, 5.41) is 4.43. The Balaban J connectivity index is 2.08. The van der Waals surface area contributed by atoms with E-state index >= 15 is 0 Å². The normalized spacial score (nSPS) is 11.3. The third kappa shape index (κ3) is 2.22. The van der Waals surface area contributed by atoms with Crippen LogP contribution < -0.4 is 0 Å². The van der Waals surface area contributed by atoms with Gasteiger partial charge in [0, 0.05) is 13.5 Å². The second kappa shape index (κ2) is 5.12. The number of hydrogen-bond donors (Lipinski definition) is 0. The summed E-state index contributed by atoms with van der Waals surface area (Å²) in [6.07, 6.45) is 2.11. The molecule has 0 fully saturated rings. The molecular formula is C16H20N4. The maximum atomic E-state index is 4.77. The largest absolute Gasteiger partial charge is 0.322 e. The molecule has 0 atom stereocenters. The van der Waals surface area contributed by atoms with Crippen LogP contribution >= 0.6 is 0 Å². The zero-order valence-corrected chi connectivity index (χ0v) is 12.3. The molecule has 0 aliphatic carbocycles. The lowest BCUT2D eigenvalue weighted by atomic mass is 10.3. The Hall–Kier alpha value is -2.10. The van der Waals surface area contributed by atoms with E-state index in [1.165, 1.54) is 11.2 Å². The van der Waals surface area contributed by atoms with Gasteiger partial charge in [0.2, 0.25) is 0 Å². The Kier molecular flexibility index (Phi) is 3.30. The summed E-state index contributed by atoms with van der Waals surface area (Å²) >= 11 is 0. The molecule has 1 aromatic carbocycles. The van der Waals surface area contributed by atoms with E-state index in [1.54, 1.807) is 0 Å². The molecule has 3 aromatic rings. The number of imidazole rings is 1. The molecule has 0 saturated carbocycles. The first kappa shape index (κ1) is 12.9. The summed E-state index contributed by atoms with van der Waals surface area (Å²) in [4.78, 5) is 4.77. The van der Waals surface area contributed by atoms with Crippen LogP contribution in [0.3, 0.4) is 0 Å². The Labute approximate surface area is 119 Å². The van der Waals surface area contributed by atoms with Crippen molar-refractivity contribution in [2.45, 2.75) is 33.2 Å². The quantitative estimate of drug-likeness (QED) is 0.729. The van der Waals surface area contributed by atoms with Crippen LogP contribution in [0.1, 0.15) is 30.6 Å². The smallest absolute Gasteiger partial charge is 0.110 e. The van der Waals surface area contributed by atoms with Gasteiger partial charge in [-0.25, -0.2) is 4.98 Å². The number of nitrogens with zero attached hydrogens (tertiary/aromatic N) is 4. The molecule has 0 spiro atoms. The minimum atomic E-state index is 0.827. The molecule has 0 N–H and O–H groups in total. The average molecular weight is 268 g/mol. The van der Waals surface area contributed by atoms with Crippen molar-refractivity contribution in [1.82, 2.24) is 19.3 Å². The Morgan fingerprint density at radius 2 is 2.00 bits per heavy atom. The number of para-hydroxylation sites is 2. The third-order valence-corrected chi connectivity index (χ3v) is 3.63. The third-order valence-electron chi connectivity index (χ3n) is 3.63. The first-order valence-electron chi connectivity index (χ1n) is 7.12. The first-order chi connectivity index (χ1) is 9.69. The molecule has 0 radical (unpaired) electrons. The highest BCUT2D eigenvalue weighted by molar-refractivity contribution is 5.76. The van der Waals surface area contributed by atoms with Crippen LogP contribution in [-0.2, 0) is 20.0 Å². The van der Waals surface area contributed by atoms with Crippen molar-refractivity contribution in [2.75, 3.05) is 0 Å². The predicted molar refractivity (Wildman–Crippen MR) is 80.8 cm³/mol. The molecule has 0 unspecified atom stereocenters. The van der Waals surface area contributed by atoms with Crippen molar-refractivity contribution in [3.05, 3.63) is 47.5 Å². The fourth-order valence-corrected chi connectivity index (χ4v) is 2.69. The summed E-state index contributed by atoms with van der Waals surface area (Å²) < 4.78 is 4.27. The first-order valence-corrected chi connectivity index (χ1v) is 7.12. The minimum Gasteiger partial charge on any atom is -0.322 e. The Bertz CT molecular complexity index is 736. The van der Waals surface area contributed by atoms with E-state index < -0.39 is 0 Å². The molecule has 104 valence electrons. The number of fused-ring (bicyclic) bond motifs is 1. The lowest BCUT2D eigenvalue weighted by Gasteiger charge is -2.09. The topological polar surface area (TPSA) is 35.6 Å². The lowest BCUT2D eigenvalue weighted by molar-refractivity contribution is 0.647. The van der Waals surface area contributed by atoms with E-state index in [9.17, 15) is 0 Å². The predicted octanol–water partition coefficient (Wildman–Crippen LogP) is 3.08. The molecule has 20 heavy (non-hydrogen) atoms. The molecule has 0 aliphatic heterocycles. The van der Waals surface area contributed by atoms with Crippen molar-refractivity contribution in [3.63, 3.8) is 0 Å². The number of hydrogen-bond acceptors (Lipinski definition) is 2. The van der Waals surface area contributed by atoms with Gasteiger partial charge in [0.1, 0.15) is 5.82 Å². The van der Waals surface area contributed by atoms with Gasteiger partial charge >= 0.3 is 0 Å². The van der Waals surface area contributed by atoms with Crippen LogP contribution in [0.15, 0.2) is 30.3 Å². The van der Waals surface area contributed by atoms with Crippen molar-refractivity contribution in [1.29, 1.82) is 0 Å². The second-order valence-electron chi connectivity index (χ2n) is 5.25. The fourth-order valence-electron chi connectivity index (χ4n) is 2.69. The van der Waals surface area contributed by atoms with E-state index in [0.717, 1.165) is 36.4 Å². The van der Waals surface area contributed by atoms with Crippen LogP contribution in [0, 0.1) is 6.92 Å². The molecule has 4 heteroatoms. The zero-order chi connectivity index (χ0) is 14.1. The second-order valence-corrected chi connectivity index (χ2v) is 5.25. The molecule has 2 aromatic heterocycles. The number of benzene rings is 1. The van der Waals surface area contributed by atoms with Crippen LogP contribution in [-0.4, -0.2) is 19.3 Å². The van der Waals surface area contributed by atoms with Gasteiger partial charge in [0.05, 0.1) is 29.0 Å². The average Bonchev–Trinajstić information content (AvgIpc) is 2.92. The fraction of sp³-hybridized carbons (Fsp3) is 0.375. The molecule has 4 nitrogen and oxygen atoms in total. The number of aryl methyl sites for hydroxylation is 3. The molecule has 0 saturated heterocycles. The van der Waals surface area contributed by atoms with Gasteiger partial charge in [0.25, 0.3) is 0 Å². The standard InChI is InChI=1S/C16H20N4/c1-4-7-16-17-14-8-5-6-9-15(14)20(16)11-13-10-12(2)18-19(13)3/h5-6,8-10H,4,7,11H2,1-3H3. The summed E-state index contributed by atoms with van der Waals surface area (Å²) in [7, 11) is 2.00. The zero-order valence-electron chi connectivity index (χ0n) is 12.3. The molecule has 0 aliphatic rings. The van der Waals surface area contributed by atoms with Gasteiger partial charge < -0.3 is 4.57 Å². The summed E-state index contributed by atoms with van der Waals surface area (Å²) in [6, 6.07) is 10.5. The van der Waals surface area contributed by atoms with E-state index in [-0.39, 0.29) is 0 Å². The van der Waals surface area contributed by atoms with Gasteiger partial charge in [0.15, 0.2) is 0 Å². The van der Waals surface area contributed by atoms with Gasteiger partial charge in [-0.2, -0.15) is 5.10 Å². The molecule has 2 heterocycles. The van der Waals surface area contributed by atoms with Crippen molar-refractivity contribution in [3.8, 4) is 0 Å². The van der Waals surface area contributed by atoms with Crippen molar-refractivity contribution < 1.29 is 0 Å². The lowest BCUT2D eigenvalue weighted by Crippen LogP contribution is -2.08. The molecular weight excluding hydrogens is 248 g/mol. The summed E-state index contributed by atoms with van der Waals surface area (Å²) in [6.45, 7) is 5.05. The van der Waals surface area contributed by atoms with Crippen molar-refractivity contribution >= 4 is 11.0 Å². The number of rotatable bonds is 4. The monoisotopic (exact) mass is 268 g/mol. The highest BCUT2D eigenvalue weighted by Gasteiger charge is 2.12. The van der Waals surface area contributed by atoms with E-state index in [0.29, 0.717) is 0 Å². The summed E-state index contributed by atoms with van der Waals surface area (Å²) in [5.74, 6) is 1.16. The minimum absolute atomic E-state index is 0.827. The Morgan fingerprint density at radius 3 is 2.70 bits per heavy atom. The van der Waals surface area contributed by atoms with Gasteiger partial charge in [-0.1, -0.05) is 19.1 Å². The van der Waals surface area contributed by atoms with Gasteiger partial charge in [-0.05, 0) is 31.5 Å². The van der Waals surface area contributed by atoms with E-state index in [4.69, 9.17) is 4.98 Å². The van der Waals surface area contributed by atoms with E-state index in [2.05, 4.69) is 40.9 Å². The van der Waals surface area contributed by atoms with Gasteiger partial charge in [-0.15, -0.1) is 0 Å². The molecule has 0 amide bonds. The van der Waals surface area contributed by atoms with Gasteiger partial charge in [-0.3, -0.25) is 4.68 Å². The number of aromatic nitrogens is 4. The molecule has 0 bridgehead atoms. The van der Waals surface area contributed by atoms with Crippen LogP contribution in [0.5, 0.6) is 0 Å². The highest BCUT2D eigenvalue weighted by atomic mass is 15.3. The SMILES string of the molecule is CCCc1nc2ccccc2n1Cc1cc(C)nn1C. The van der Waals surface area contributed by atoms with Crippen LogP contribution in [0.2, 0.25) is 0 Å². The highest BCUT2D eigenvalue weighted by Crippen LogP contribution is 2.19. The van der Waals surface area contributed by atoms with Crippen LogP contribution in [0.4, 0.5) is 0 Å². The van der Waals surface area contributed by atoms with Crippen LogP contribution in [0.25, 0.3) is 11.0 Å². The maximum absolute atomic E-state index is 4.77.